The summed E-state index contributed by atoms with van der Waals surface area (Å²) in [5, 5.41) is 3.50. The van der Waals surface area contributed by atoms with Crippen molar-refractivity contribution in [1.82, 2.24) is 15.2 Å². The molecule has 0 spiro atoms. The fourth-order valence-electron chi connectivity index (χ4n) is 4.15. The average Bonchev–Trinajstić information content (AvgIpc) is 3.35. The van der Waals surface area contributed by atoms with Crippen LogP contribution in [0.15, 0.2) is 47.6 Å². The zero-order valence-corrected chi connectivity index (χ0v) is 20.8. The third kappa shape index (κ3) is 5.93. The number of halogens is 1. The first-order valence-electron chi connectivity index (χ1n) is 10.8. The predicted molar refractivity (Wildman–Crippen MR) is 138 cm³/mol. The summed E-state index contributed by atoms with van der Waals surface area (Å²) in [6, 6.07) is 12.6. The van der Waals surface area contributed by atoms with Gasteiger partial charge < -0.3 is 24.8 Å². The van der Waals surface area contributed by atoms with Gasteiger partial charge >= 0.3 is 0 Å². The maximum absolute atomic E-state index is 5.36. The fourth-order valence-corrected chi connectivity index (χ4v) is 4.15. The summed E-state index contributed by atoms with van der Waals surface area (Å²) in [5.74, 6) is 2.94. The van der Waals surface area contributed by atoms with Gasteiger partial charge in [-0.2, -0.15) is 0 Å². The zero-order chi connectivity index (χ0) is 20.8. The highest BCUT2D eigenvalue weighted by Crippen LogP contribution is 2.22. The number of anilines is 2. The number of hydrogen-bond acceptors (Lipinski definition) is 5. The van der Waals surface area contributed by atoms with Crippen LogP contribution in [0.1, 0.15) is 18.4 Å². The minimum absolute atomic E-state index is 0. The van der Waals surface area contributed by atoms with Crippen molar-refractivity contribution in [2.24, 2.45) is 4.99 Å². The molecule has 0 radical (unpaired) electrons. The minimum Gasteiger partial charge on any atom is -0.497 e. The smallest absolute Gasteiger partial charge is 0.194 e. The van der Waals surface area contributed by atoms with Crippen LogP contribution in [0.2, 0.25) is 0 Å². The molecule has 2 saturated heterocycles. The standard InChI is InChI=1S/C23H32N6O.HI/c1-24-23(26-18-19-8-9-22(25-17-19)28-10-3-4-11-28)29-14-12-27(13-15-29)20-6-5-7-21(16-20)30-2;/h5-9,16-17H,3-4,10-15,18H2,1-2H3,(H,24,26);1H. The van der Waals surface area contributed by atoms with Crippen LogP contribution in [-0.2, 0) is 6.54 Å². The van der Waals surface area contributed by atoms with E-state index in [0.29, 0.717) is 0 Å². The molecule has 0 amide bonds. The molecule has 31 heavy (non-hydrogen) atoms. The molecule has 3 heterocycles. The Kier molecular flexibility index (Phi) is 8.62. The van der Waals surface area contributed by atoms with Gasteiger partial charge in [-0.25, -0.2) is 4.98 Å². The van der Waals surface area contributed by atoms with Crippen LogP contribution < -0.4 is 19.9 Å². The van der Waals surface area contributed by atoms with Gasteiger partial charge in [0.05, 0.1) is 7.11 Å². The SMILES string of the molecule is CN=C(NCc1ccc(N2CCCC2)nc1)N1CCN(c2cccc(OC)c2)CC1.I. The van der Waals surface area contributed by atoms with Gasteiger partial charge in [0, 0.05) is 70.8 Å². The third-order valence-electron chi connectivity index (χ3n) is 5.90. The number of pyridine rings is 1. The molecular formula is C23H33IN6O. The molecule has 1 aromatic heterocycles. The van der Waals surface area contributed by atoms with Crippen LogP contribution in [0, 0.1) is 0 Å². The lowest BCUT2D eigenvalue weighted by atomic mass is 10.2. The molecule has 0 aliphatic carbocycles. The average molecular weight is 536 g/mol. The van der Waals surface area contributed by atoms with Crippen molar-refractivity contribution in [2.45, 2.75) is 19.4 Å². The lowest BCUT2D eigenvalue weighted by molar-refractivity contribution is 0.372. The molecule has 0 saturated carbocycles. The van der Waals surface area contributed by atoms with E-state index in [0.717, 1.165) is 63.3 Å². The molecule has 7 nitrogen and oxygen atoms in total. The summed E-state index contributed by atoms with van der Waals surface area (Å²) >= 11 is 0. The summed E-state index contributed by atoms with van der Waals surface area (Å²) < 4.78 is 5.36. The topological polar surface area (TPSA) is 56.2 Å². The van der Waals surface area contributed by atoms with E-state index in [1.807, 2.05) is 25.4 Å². The number of piperazine rings is 1. The normalized spacial score (nSPS) is 16.8. The van der Waals surface area contributed by atoms with Crippen LogP contribution in [0.3, 0.4) is 0 Å². The fraction of sp³-hybridized carbons (Fsp3) is 0.478. The summed E-state index contributed by atoms with van der Waals surface area (Å²) in [6.45, 7) is 6.76. The van der Waals surface area contributed by atoms with E-state index in [9.17, 15) is 0 Å². The molecule has 2 aliphatic heterocycles. The molecule has 4 rings (SSSR count). The maximum Gasteiger partial charge on any atom is 0.194 e. The van der Waals surface area contributed by atoms with E-state index >= 15 is 0 Å². The number of aromatic nitrogens is 1. The quantitative estimate of drug-likeness (QED) is 0.360. The Morgan fingerprint density at radius 1 is 1.03 bits per heavy atom. The summed E-state index contributed by atoms with van der Waals surface area (Å²) in [7, 11) is 3.56. The van der Waals surface area contributed by atoms with E-state index in [-0.39, 0.29) is 24.0 Å². The molecule has 2 aromatic rings. The van der Waals surface area contributed by atoms with E-state index in [1.54, 1.807) is 7.11 Å². The number of aliphatic imine (C=N–C) groups is 1. The number of guanidine groups is 1. The van der Waals surface area contributed by atoms with Crippen LogP contribution >= 0.6 is 24.0 Å². The Hall–Kier alpha value is -2.23. The molecule has 0 bridgehead atoms. The Morgan fingerprint density at radius 2 is 1.81 bits per heavy atom. The predicted octanol–water partition coefficient (Wildman–Crippen LogP) is 3.21. The van der Waals surface area contributed by atoms with Gasteiger partial charge in [-0.05, 0) is 36.6 Å². The second kappa shape index (κ2) is 11.4. The second-order valence-corrected chi connectivity index (χ2v) is 7.80. The molecule has 0 atom stereocenters. The Labute approximate surface area is 202 Å². The van der Waals surface area contributed by atoms with E-state index < -0.39 is 0 Å². The van der Waals surface area contributed by atoms with Crippen molar-refractivity contribution in [3.05, 3.63) is 48.2 Å². The highest BCUT2D eigenvalue weighted by molar-refractivity contribution is 14.0. The molecule has 1 aromatic carbocycles. The van der Waals surface area contributed by atoms with Crippen molar-refractivity contribution in [3.63, 3.8) is 0 Å². The number of ether oxygens (including phenoxy) is 1. The number of nitrogens with one attached hydrogen (secondary N) is 1. The van der Waals surface area contributed by atoms with Crippen molar-refractivity contribution in [2.75, 3.05) is 63.2 Å². The molecule has 0 unspecified atom stereocenters. The van der Waals surface area contributed by atoms with Crippen LogP contribution in [0.25, 0.3) is 0 Å². The van der Waals surface area contributed by atoms with Gasteiger partial charge in [-0.1, -0.05) is 12.1 Å². The lowest BCUT2D eigenvalue weighted by Crippen LogP contribution is -2.52. The lowest BCUT2D eigenvalue weighted by Gasteiger charge is -2.37. The Bertz CT molecular complexity index is 845. The molecule has 1 N–H and O–H groups in total. The van der Waals surface area contributed by atoms with Crippen molar-refractivity contribution >= 4 is 41.4 Å². The number of benzene rings is 1. The van der Waals surface area contributed by atoms with Crippen molar-refractivity contribution in [1.29, 1.82) is 0 Å². The summed E-state index contributed by atoms with van der Waals surface area (Å²) in [6.07, 6.45) is 4.52. The molecule has 2 fully saturated rings. The van der Waals surface area contributed by atoms with Gasteiger partial charge in [0.25, 0.3) is 0 Å². The molecule has 2 aliphatic rings. The first-order valence-corrected chi connectivity index (χ1v) is 10.8. The van der Waals surface area contributed by atoms with Crippen LogP contribution in [0.4, 0.5) is 11.5 Å². The van der Waals surface area contributed by atoms with Gasteiger partial charge in [-0.15, -0.1) is 24.0 Å². The van der Waals surface area contributed by atoms with Crippen LogP contribution in [0.5, 0.6) is 5.75 Å². The highest BCUT2D eigenvalue weighted by Gasteiger charge is 2.20. The second-order valence-electron chi connectivity index (χ2n) is 7.80. The zero-order valence-electron chi connectivity index (χ0n) is 18.5. The van der Waals surface area contributed by atoms with E-state index in [4.69, 9.17) is 4.74 Å². The monoisotopic (exact) mass is 536 g/mol. The number of methoxy groups -OCH3 is 1. The number of rotatable bonds is 5. The first kappa shape index (κ1) is 23.4. The number of hydrogen-bond donors (Lipinski definition) is 1. The summed E-state index contributed by atoms with van der Waals surface area (Å²) in [5.41, 5.74) is 2.38. The van der Waals surface area contributed by atoms with E-state index in [1.165, 1.54) is 24.1 Å². The van der Waals surface area contributed by atoms with E-state index in [2.05, 4.69) is 54.3 Å². The van der Waals surface area contributed by atoms with Crippen molar-refractivity contribution in [3.8, 4) is 5.75 Å². The highest BCUT2D eigenvalue weighted by atomic mass is 127. The van der Waals surface area contributed by atoms with Crippen LogP contribution in [-0.4, -0.2) is 69.3 Å². The molecule has 168 valence electrons. The summed E-state index contributed by atoms with van der Waals surface area (Å²) in [4.78, 5) is 16.2. The number of nitrogens with zero attached hydrogens (tertiary/aromatic N) is 5. The largest absolute Gasteiger partial charge is 0.497 e. The van der Waals surface area contributed by atoms with Gasteiger partial charge in [0.2, 0.25) is 0 Å². The minimum atomic E-state index is 0. The first-order chi connectivity index (χ1) is 14.8. The molecule has 8 heteroatoms. The molecular weight excluding hydrogens is 503 g/mol. The van der Waals surface area contributed by atoms with Crippen molar-refractivity contribution < 1.29 is 4.74 Å². The van der Waals surface area contributed by atoms with Gasteiger partial charge in [0.15, 0.2) is 5.96 Å². The maximum atomic E-state index is 5.36. The van der Waals surface area contributed by atoms with Gasteiger partial charge in [-0.3, -0.25) is 4.99 Å². The van der Waals surface area contributed by atoms with Gasteiger partial charge in [0.1, 0.15) is 11.6 Å². The Morgan fingerprint density at radius 3 is 2.45 bits per heavy atom. The Balaban J connectivity index is 0.00000272. The third-order valence-corrected chi connectivity index (χ3v) is 5.90.